The van der Waals surface area contributed by atoms with E-state index >= 15 is 0 Å². The molecule has 0 N–H and O–H groups in total. The lowest BCUT2D eigenvalue weighted by Crippen LogP contribution is -2.35. The Morgan fingerprint density at radius 2 is 1.96 bits per heavy atom. The Morgan fingerprint density at radius 3 is 2.74 bits per heavy atom. The summed E-state index contributed by atoms with van der Waals surface area (Å²) in [6.07, 6.45) is 2.11. The largest absolute Gasteiger partial charge is 0.491 e. The molecule has 0 radical (unpaired) electrons. The molecular formula is C18H24N2O3. The Bertz CT molecular complexity index is 580. The Morgan fingerprint density at radius 1 is 1.13 bits per heavy atom. The molecule has 1 saturated heterocycles. The summed E-state index contributed by atoms with van der Waals surface area (Å²) in [5.74, 6) is 1.51. The maximum atomic E-state index is 12.4. The van der Waals surface area contributed by atoms with Crippen LogP contribution in [0.15, 0.2) is 18.2 Å². The highest BCUT2D eigenvalue weighted by molar-refractivity contribution is 5.81. The monoisotopic (exact) mass is 316 g/mol. The Hall–Kier alpha value is -1.59. The minimum Gasteiger partial charge on any atom is -0.491 e. The SMILES string of the molecule is O=C(C1CC1)N1CCOc2ccc(CN3CCOCC3)cc2C1. The quantitative estimate of drug-likeness (QED) is 0.850. The van der Waals surface area contributed by atoms with Gasteiger partial charge in [0.2, 0.25) is 5.91 Å². The van der Waals surface area contributed by atoms with Crippen molar-refractivity contribution in [3.63, 3.8) is 0 Å². The third-order valence-corrected chi connectivity index (χ3v) is 4.85. The van der Waals surface area contributed by atoms with Crippen LogP contribution in [0.4, 0.5) is 0 Å². The number of amides is 1. The van der Waals surface area contributed by atoms with Crippen molar-refractivity contribution in [2.75, 3.05) is 39.5 Å². The smallest absolute Gasteiger partial charge is 0.226 e. The van der Waals surface area contributed by atoms with Gasteiger partial charge in [-0.15, -0.1) is 0 Å². The van der Waals surface area contributed by atoms with Crippen molar-refractivity contribution in [1.82, 2.24) is 9.80 Å². The standard InChI is InChI=1S/C18H24N2O3/c21-18(15-2-3-15)20-7-10-23-17-4-1-14(11-16(17)13-20)12-19-5-8-22-9-6-19/h1,4,11,15H,2-3,5-10,12-13H2. The van der Waals surface area contributed by atoms with Crippen molar-refractivity contribution >= 4 is 5.91 Å². The van der Waals surface area contributed by atoms with Gasteiger partial charge in [-0.05, 0) is 30.5 Å². The first kappa shape index (κ1) is 15.0. The molecular weight excluding hydrogens is 292 g/mol. The van der Waals surface area contributed by atoms with Gasteiger partial charge in [-0.1, -0.05) is 6.07 Å². The predicted molar refractivity (Wildman–Crippen MR) is 86.2 cm³/mol. The lowest BCUT2D eigenvalue weighted by atomic mass is 10.1. The summed E-state index contributed by atoms with van der Waals surface area (Å²) in [4.78, 5) is 16.8. The van der Waals surface area contributed by atoms with Gasteiger partial charge in [0, 0.05) is 37.7 Å². The molecule has 2 heterocycles. The van der Waals surface area contributed by atoms with Gasteiger partial charge in [0.25, 0.3) is 0 Å². The third kappa shape index (κ3) is 3.51. The van der Waals surface area contributed by atoms with Crippen molar-refractivity contribution in [1.29, 1.82) is 0 Å². The molecule has 0 unspecified atom stereocenters. The van der Waals surface area contributed by atoms with Gasteiger partial charge in [-0.3, -0.25) is 9.69 Å². The van der Waals surface area contributed by atoms with Crippen LogP contribution in [0, 0.1) is 5.92 Å². The van der Waals surface area contributed by atoms with Gasteiger partial charge in [0.1, 0.15) is 12.4 Å². The summed E-state index contributed by atoms with van der Waals surface area (Å²) in [7, 11) is 0. The van der Waals surface area contributed by atoms with Crippen LogP contribution >= 0.6 is 0 Å². The molecule has 0 aromatic heterocycles. The van der Waals surface area contributed by atoms with Crippen molar-refractivity contribution in [3.8, 4) is 5.75 Å². The van der Waals surface area contributed by atoms with Crippen molar-refractivity contribution < 1.29 is 14.3 Å². The molecule has 2 aliphatic heterocycles. The highest BCUT2D eigenvalue weighted by atomic mass is 16.5. The van der Waals surface area contributed by atoms with Crippen LogP contribution in [0.1, 0.15) is 24.0 Å². The number of carbonyl (C=O) groups is 1. The minimum atomic E-state index is 0.271. The second-order valence-electron chi connectivity index (χ2n) is 6.71. The molecule has 1 aromatic rings. The zero-order valence-corrected chi connectivity index (χ0v) is 13.5. The predicted octanol–water partition coefficient (Wildman–Crippen LogP) is 1.65. The first-order chi connectivity index (χ1) is 11.3. The molecule has 23 heavy (non-hydrogen) atoms. The van der Waals surface area contributed by atoms with Gasteiger partial charge >= 0.3 is 0 Å². The average Bonchev–Trinajstić information content (AvgIpc) is 3.41. The van der Waals surface area contributed by atoms with Gasteiger partial charge in [-0.25, -0.2) is 0 Å². The highest BCUT2D eigenvalue weighted by Gasteiger charge is 2.34. The second kappa shape index (κ2) is 6.49. The van der Waals surface area contributed by atoms with Crippen LogP contribution in [-0.4, -0.2) is 55.2 Å². The van der Waals surface area contributed by atoms with Crippen molar-refractivity contribution in [2.24, 2.45) is 5.92 Å². The molecule has 1 amide bonds. The Labute approximate surface area is 137 Å². The molecule has 2 fully saturated rings. The van der Waals surface area contributed by atoms with E-state index in [1.807, 2.05) is 4.90 Å². The van der Waals surface area contributed by atoms with Crippen LogP contribution in [0.5, 0.6) is 5.75 Å². The number of fused-ring (bicyclic) bond motifs is 1. The number of ether oxygens (including phenoxy) is 2. The Kier molecular flexibility index (Phi) is 4.23. The van der Waals surface area contributed by atoms with Crippen LogP contribution in [0.2, 0.25) is 0 Å². The normalized spacial score (nSPS) is 22.2. The van der Waals surface area contributed by atoms with E-state index in [9.17, 15) is 4.79 Å². The number of hydrogen-bond acceptors (Lipinski definition) is 4. The second-order valence-corrected chi connectivity index (χ2v) is 6.71. The fraction of sp³-hybridized carbons (Fsp3) is 0.611. The van der Waals surface area contributed by atoms with Gasteiger partial charge in [0.15, 0.2) is 0 Å². The van der Waals surface area contributed by atoms with Crippen LogP contribution in [0.25, 0.3) is 0 Å². The van der Waals surface area contributed by atoms with Crippen LogP contribution in [-0.2, 0) is 22.6 Å². The van der Waals surface area contributed by atoms with E-state index in [4.69, 9.17) is 9.47 Å². The lowest BCUT2D eigenvalue weighted by molar-refractivity contribution is -0.133. The number of nitrogens with zero attached hydrogens (tertiary/aromatic N) is 2. The summed E-state index contributed by atoms with van der Waals surface area (Å²) >= 11 is 0. The zero-order chi connectivity index (χ0) is 15.6. The van der Waals surface area contributed by atoms with Crippen LogP contribution < -0.4 is 4.74 Å². The first-order valence-corrected chi connectivity index (χ1v) is 8.63. The maximum Gasteiger partial charge on any atom is 0.226 e. The summed E-state index contributed by atoms with van der Waals surface area (Å²) in [6, 6.07) is 6.42. The number of hydrogen-bond donors (Lipinski definition) is 0. The Balaban J connectivity index is 1.48. The van der Waals surface area contributed by atoms with E-state index in [-0.39, 0.29) is 5.92 Å². The van der Waals surface area contributed by atoms with E-state index in [1.165, 1.54) is 5.56 Å². The zero-order valence-electron chi connectivity index (χ0n) is 13.5. The fourth-order valence-electron chi connectivity index (χ4n) is 3.34. The van der Waals surface area contributed by atoms with E-state index in [0.29, 0.717) is 25.6 Å². The molecule has 0 bridgehead atoms. The molecule has 1 saturated carbocycles. The van der Waals surface area contributed by atoms with Crippen molar-refractivity contribution in [3.05, 3.63) is 29.3 Å². The molecule has 5 nitrogen and oxygen atoms in total. The molecule has 5 heteroatoms. The van der Waals surface area contributed by atoms with E-state index < -0.39 is 0 Å². The van der Waals surface area contributed by atoms with Gasteiger partial charge < -0.3 is 14.4 Å². The van der Waals surface area contributed by atoms with E-state index in [1.54, 1.807) is 0 Å². The lowest BCUT2D eigenvalue weighted by Gasteiger charge is -2.27. The molecule has 4 rings (SSSR count). The molecule has 0 atom stereocenters. The van der Waals surface area contributed by atoms with Crippen molar-refractivity contribution in [2.45, 2.75) is 25.9 Å². The van der Waals surface area contributed by atoms with Crippen LogP contribution in [0.3, 0.4) is 0 Å². The van der Waals surface area contributed by atoms with Gasteiger partial charge in [-0.2, -0.15) is 0 Å². The minimum absolute atomic E-state index is 0.271. The fourth-order valence-corrected chi connectivity index (χ4v) is 3.34. The summed E-state index contributed by atoms with van der Waals surface area (Å²) in [5, 5.41) is 0. The topological polar surface area (TPSA) is 42.0 Å². The number of carbonyl (C=O) groups excluding carboxylic acids is 1. The van der Waals surface area contributed by atoms with E-state index in [2.05, 4.69) is 23.1 Å². The molecule has 1 aliphatic carbocycles. The third-order valence-electron chi connectivity index (χ3n) is 4.85. The summed E-state index contributed by atoms with van der Waals surface area (Å²) < 4.78 is 11.3. The maximum absolute atomic E-state index is 12.4. The summed E-state index contributed by atoms with van der Waals surface area (Å²) in [5.41, 5.74) is 2.43. The molecule has 0 spiro atoms. The highest BCUT2D eigenvalue weighted by Crippen LogP contribution is 2.33. The molecule has 1 aromatic carbocycles. The summed E-state index contributed by atoms with van der Waals surface area (Å²) in [6.45, 7) is 6.51. The molecule has 124 valence electrons. The number of benzene rings is 1. The molecule has 3 aliphatic rings. The number of rotatable bonds is 3. The number of morpholine rings is 1. The average molecular weight is 316 g/mol. The first-order valence-electron chi connectivity index (χ1n) is 8.63. The van der Waals surface area contributed by atoms with E-state index in [0.717, 1.165) is 57.0 Å². The van der Waals surface area contributed by atoms with Gasteiger partial charge in [0.05, 0.1) is 19.8 Å².